The van der Waals surface area contributed by atoms with Crippen LogP contribution in [0.15, 0.2) is 0 Å². The fraction of sp³-hybridized carbons (Fsp3) is 1.00. The minimum Gasteiger partial charge on any atom is -0.379 e. The molecule has 2 rings (SSSR count). The van der Waals surface area contributed by atoms with Gasteiger partial charge in [0.2, 0.25) is 0 Å². The van der Waals surface area contributed by atoms with Crippen LogP contribution in [0, 0.1) is 0 Å². The van der Waals surface area contributed by atoms with Crippen molar-refractivity contribution in [1.29, 1.82) is 0 Å². The topological polar surface area (TPSA) is 24.9 Å². The zero-order valence-electron chi connectivity index (χ0n) is 19.6. The number of halogens is 2. The summed E-state index contributed by atoms with van der Waals surface area (Å²) >= 11 is 0. The number of likely N-dealkylation sites (tertiary alicyclic amines) is 2. The van der Waals surface area contributed by atoms with Gasteiger partial charge in [-0.25, -0.2) is 8.78 Å². The lowest BCUT2D eigenvalue weighted by molar-refractivity contribution is 0.0509. The summed E-state index contributed by atoms with van der Waals surface area (Å²) in [5.41, 5.74) is -0.926. The van der Waals surface area contributed by atoms with Gasteiger partial charge in [0, 0.05) is 52.5 Å². The maximum Gasteiger partial charge on any atom is 0.110 e. The van der Waals surface area contributed by atoms with Crippen molar-refractivity contribution in [1.82, 2.24) is 9.80 Å². The molecule has 0 radical (unpaired) electrons. The van der Waals surface area contributed by atoms with Crippen molar-refractivity contribution in [2.75, 3.05) is 52.5 Å². The molecule has 174 valence electrons. The number of hydrogen-bond acceptors (Lipinski definition) is 4. The van der Waals surface area contributed by atoms with Crippen LogP contribution in [0.4, 0.5) is 8.78 Å². The molecule has 0 aromatic carbocycles. The standard InChI is InChI=1S/C12H24FNO.C11H22FNO/c1-11(2)15-10-4-7-14-8-5-12(3,13)6-9-14;1-10(2)14-9-3-6-13-7-4-11(12)5-8-13/h11H,4-10H2,1-3H3;10-11H,3-9H2,1-2H3. The Hall–Kier alpha value is -0.300. The molecule has 0 unspecified atom stereocenters. The largest absolute Gasteiger partial charge is 0.379 e. The van der Waals surface area contributed by atoms with Gasteiger partial charge < -0.3 is 19.3 Å². The molecular weight excluding hydrogens is 374 g/mol. The molecule has 0 spiro atoms. The maximum absolute atomic E-state index is 13.5. The van der Waals surface area contributed by atoms with E-state index in [4.69, 9.17) is 9.47 Å². The van der Waals surface area contributed by atoms with Crippen LogP contribution >= 0.6 is 0 Å². The molecule has 2 fully saturated rings. The van der Waals surface area contributed by atoms with Crippen molar-refractivity contribution in [3.05, 3.63) is 0 Å². The second kappa shape index (κ2) is 14.7. The summed E-state index contributed by atoms with van der Waals surface area (Å²) in [5, 5.41) is 0. The summed E-state index contributed by atoms with van der Waals surface area (Å²) in [4.78, 5) is 4.67. The van der Waals surface area contributed by atoms with E-state index in [1.54, 1.807) is 6.92 Å². The highest BCUT2D eigenvalue weighted by Gasteiger charge is 2.28. The Balaban J connectivity index is 0.000000291. The number of ether oxygens (including phenoxy) is 2. The van der Waals surface area contributed by atoms with E-state index < -0.39 is 11.8 Å². The smallest absolute Gasteiger partial charge is 0.110 e. The predicted molar refractivity (Wildman–Crippen MR) is 117 cm³/mol. The number of nitrogens with zero attached hydrogens (tertiary/aromatic N) is 2. The highest BCUT2D eigenvalue weighted by Crippen LogP contribution is 2.25. The third kappa shape index (κ3) is 14.4. The minimum atomic E-state index is -0.926. The zero-order chi connectivity index (χ0) is 21.7. The van der Waals surface area contributed by atoms with Crippen molar-refractivity contribution in [3.8, 4) is 0 Å². The van der Waals surface area contributed by atoms with Crippen LogP contribution in [0.1, 0.15) is 73.1 Å². The van der Waals surface area contributed by atoms with E-state index in [-0.39, 0.29) is 0 Å². The van der Waals surface area contributed by atoms with Gasteiger partial charge in [0.15, 0.2) is 0 Å². The summed E-state index contributed by atoms with van der Waals surface area (Å²) in [5.74, 6) is 0. The summed E-state index contributed by atoms with van der Waals surface area (Å²) < 4.78 is 37.2. The van der Waals surface area contributed by atoms with E-state index in [0.29, 0.717) is 37.9 Å². The SMILES string of the molecule is CC(C)OCCCN1CCC(C)(F)CC1.CC(C)OCCCN1CCC(F)CC1. The molecular formula is C23H46F2N2O2. The maximum atomic E-state index is 13.5. The van der Waals surface area contributed by atoms with Gasteiger partial charge in [0.1, 0.15) is 11.8 Å². The Morgan fingerprint density at radius 2 is 1.24 bits per heavy atom. The van der Waals surface area contributed by atoms with Crippen LogP contribution in [-0.2, 0) is 9.47 Å². The Morgan fingerprint density at radius 3 is 1.66 bits per heavy atom. The molecule has 2 saturated heterocycles. The molecule has 4 nitrogen and oxygen atoms in total. The summed E-state index contributed by atoms with van der Waals surface area (Å²) in [6.45, 7) is 17.3. The van der Waals surface area contributed by atoms with Crippen molar-refractivity contribution >= 4 is 0 Å². The second-order valence-electron chi connectivity index (χ2n) is 9.32. The third-order valence-electron chi connectivity index (χ3n) is 5.56. The quantitative estimate of drug-likeness (QED) is 0.471. The molecule has 0 aliphatic carbocycles. The Kier molecular flexibility index (Phi) is 13.5. The van der Waals surface area contributed by atoms with E-state index in [9.17, 15) is 8.78 Å². The number of rotatable bonds is 10. The first kappa shape index (κ1) is 26.7. The fourth-order valence-electron chi connectivity index (χ4n) is 3.58. The van der Waals surface area contributed by atoms with Crippen LogP contribution < -0.4 is 0 Å². The lowest BCUT2D eigenvalue weighted by Crippen LogP contribution is -2.40. The van der Waals surface area contributed by atoms with E-state index in [0.717, 1.165) is 65.3 Å². The van der Waals surface area contributed by atoms with Gasteiger partial charge in [0.05, 0.1) is 12.2 Å². The zero-order valence-corrected chi connectivity index (χ0v) is 19.6. The van der Waals surface area contributed by atoms with Gasteiger partial charge in [-0.2, -0.15) is 0 Å². The Labute approximate surface area is 178 Å². The van der Waals surface area contributed by atoms with Crippen molar-refractivity contribution in [2.45, 2.75) is 97.2 Å². The van der Waals surface area contributed by atoms with E-state index in [2.05, 4.69) is 37.5 Å². The first-order valence-electron chi connectivity index (χ1n) is 11.7. The van der Waals surface area contributed by atoms with E-state index in [1.807, 2.05) is 0 Å². The van der Waals surface area contributed by atoms with Gasteiger partial charge in [-0.15, -0.1) is 0 Å². The first-order valence-corrected chi connectivity index (χ1v) is 11.7. The van der Waals surface area contributed by atoms with Gasteiger partial charge in [-0.1, -0.05) is 0 Å². The predicted octanol–water partition coefficient (Wildman–Crippen LogP) is 4.86. The average molecular weight is 421 g/mol. The van der Waals surface area contributed by atoms with E-state index in [1.165, 1.54) is 0 Å². The Morgan fingerprint density at radius 1 is 0.828 bits per heavy atom. The van der Waals surface area contributed by atoms with Crippen LogP contribution in [0.2, 0.25) is 0 Å². The molecule has 2 aliphatic heterocycles. The summed E-state index contributed by atoms with van der Waals surface area (Å²) in [7, 11) is 0. The number of piperidine rings is 2. The number of hydrogen-bond donors (Lipinski definition) is 0. The minimum absolute atomic E-state index is 0.320. The molecule has 0 aromatic rings. The third-order valence-corrected chi connectivity index (χ3v) is 5.56. The molecule has 0 N–H and O–H groups in total. The summed E-state index contributed by atoms with van der Waals surface area (Å²) in [6, 6.07) is 0. The fourth-order valence-corrected chi connectivity index (χ4v) is 3.58. The van der Waals surface area contributed by atoms with Gasteiger partial charge >= 0.3 is 0 Å². The normalized spacial score (nSPS) is 21.4. The molecule has 0 aromatic heterocycles. The molecule has 2 aliphatic rings. The lowest BCUT2D eigenvalue weighted by atomic mass is 9.96. The van der Waals surface area contributed by atoms with Crippen LogP contribution in [0.5, 0.6) is 0 Å². The van der Waals surface area contributed by atoms with Crippen LogP contribution in [-0.4, -0.2) is 86.3 Å². The molecule has 0 saturated carbocycles. The molecule has 2 heterocycles. The highest BCUT2D eigenvalue weighted by atomic mass is 19.1. The Bertz CT molecular complexity index is 390. The van der Waals surface area contributed by atoms with Gasteiger partial charge in [-0.3, -0.25) is 0 Å². The molecule has 0 bridgehead atoms. The second-order valence-corrected chi connectivity index (χ2v) is 9.32. The summed E-state index contributed by atoms with van der Waals surface area (Å²) in [6.07, 6.45) is 4.99. The van der Waals surface area contributed by atoms with Crippen molar-refractivity contribution in [3.63, 3.8) is 0 Å². The monoisotopic (exact) mass is 420 g/mol. The number of alkyl halides is 2. The lowest BCUT2D eigenvalue weighted by Gasteiger charge is -2.34. The van der Waals surface area contributed by atoms with Gasteiger partial charge in [-0.05, 0) is 73.1 Å². The molecule has 0 atom stereocenters. The molecule has 6 heteroatoms. The van der Waals surface area contributed by atoms with Crippen molar-refractivity contribution < 1.29 is 18.3 Å². The average Bonchev–Trinajstić information content (AvgIpc) is 2.65. The molecule has 29 heavy (non-hydrogen) atoms. The van der Waals surface area contributed by atoms with Crippen LogP contribution in [0.25, 0.3) is 0 Å². The van der Waals surface area contributed by atoms with Gasteiger partial charge in [0.25, 0.3) is 0 Å². The van der Waals surface area contributed by atoms with E-state index >= 15 is 0 Å². The molecule has 0 amide bonds. The highest BCUT2D eigenvalue weighted by molar-refractivity contribution is 4.81. The van der Waals surface area contributed by atoms with Crippen molar-refractivity contribution in [2.24, 2.45) is 0 Å². The first-order chi connectivity index (χ1) is 13.7. The van der Waals surface area contributed by atoms with Crippen LogP contribution in [0.3, 0.4) is 0 Å².